The molecule has 2 N–H and O–H groups in total. The summed E-state index contributed by atoms with van der Waals surface area (Å²) >= 11 is 0. The molecule has 44 heavy (non-hydrogen) atoms. The zero-order valence-corrected chi connectivity index (χ0v) is 25.3. The molecule has 0 bridgehead atoms. The van der Waals surface area contributed by atoms with Crippen molar-refractivity contribution in [2.75, 3.05) is 38.5 Å². The van der Waals surface area contributed by atoms with Gasteiger partial charge in [0.2, 0.25) is 0 Å². The van der Waals surface area contributed by atoms with Crippen molar-refractivity contribution in [1.82, 2.24) is 29.7 Å². The van der Waals surface area contributed by atoms with Gasteiger partial charge < -0.3 is 15.2 Å². The first-order valence-corrected chi connectivity index (χ1v) is 15.3. The number of fused-ring (bicyclic) bond motifs is 1. The minimum Gasteiger partial charge on any atom is -0.366 e. The second kappa shape index (κ2) is 12.4. The Labute approximate surface area is 258 Å². The summed E-state index contributed by atoms with van der Waals surface area (Å²) in [6.07, 6.45) is 5.86. The van der Waals surface area contributed by atoms with Gasteiger partial charge in [-0.25, -0.2) is 4.98 Å². The molecule has 1 fully saturated rings. The molecule has 6 aromatic rings. The highest BCUT2D eigenvalue weighted by Gasteiger charge is 2.14. The number of rotatable bonds is 8. The summed E-state index contributed by atoms with van der Waals surface area (Å²) in [6, 6.07) is 29.9. The van der Waals surface area contributed by atoms with E-state index < -0.39 is 0 Å². The third-order valence-electron chi connectivity index (χ3n) is 8.48. The molecule has 1 saturated heterocycles. The van der Waals surface area contributed by atoms with E-state index in [1.54, 1.807) is 0 Å². The molecule has 7 rings (SSSR count). The van der Waals surface area contributed by atoms with Gasteiger partial charge in [0.15, 0.2) is 0 Å². The first kappa shape index (κ1) is 28.0. The molecule has 5 heterocycles. The average molecular weight is 580 g/mol. The van der Waals surface area contributed by atoms with Crippen molar-refractivity contribution in [1.29, 1.82) is 0 Å². The van der Waals surface area contributed by atoms with Gasteiger partial charge in [-0.15, -0.1) is 0 Å². The van der Waals surface area contributed by atoms with E-state index in [1.807, 2.05) is 43.7 Å². The van der Waals surface area contributed by atoms with Gasteiger partial charge in [-0.1, -0.05) is 42.5 Å². The number of pyridine rings is 3. The minimum absolute atomic E-state index is 0.658. The van der Waals surface area contributed by atoms with Crippen LogP contribution in [0.2, 0.25) is 0 Å². The van der Waals surface area contributed by atoms with Crippen molar-refractivity contribution in [3.05, 3.63) is 120 Å². The molecular formula is C37H37N7. The minimum atomic E-state index is 0.658. The first-order valence-electron chi connectivity index (χ1n) is 15.3. The quantitative estimate of drug-likeness (QED) is 0.202. The molecule has 0 aliphatic carbocycles. The predicted molar refractivity (Wildman–Crippen MR) is 179 cm³/mol. The number of hydrogen-bond acceptors (Lipinski definition) is 6. The Balaban J connectivity index is 1.17. The molecule has 7 nitrogen and oxygen atoms in total. The Morgan fingerprint density at radius 2 is 1.55 bits per heavy atom. The fourth-order valence-corrected chi connectivity index (χ4v) is 5.92. The third kappa shape index (κ3) is 6.25. The van der Waals surface area contributed by atoms with Crippen LogP contribution in [-0.4, -0.2) is 63.0 Å². The molecule has 0 amide bonds. The van der Waals surface area contributed by atoms with Crippen molar-refractivity contribution in [2.24, 2.45) is 0 Å². The number of piperazine rings is 1. The van der Waals surface area contributed by atoms with Gasteiger partial charge in [0.25, 0.3) is 0 Å². The van der Waals surface area contributed by atoms with Crippen LogP contribution >= 0.6 is 0 Å². The fraction of sp³-hybridized carbons (Fsp3) is 0.216. The van der Waals surface area contributed by atoms with Gasteiger partial charge in [-0.05, 0) is 78.7 Å². The lowest BCUT2D eigenvalue weighted by Gasteiger charge is -2.32. The van der Waals surface area contributed by atoms with Crippen molar-refractivity contribution in [3.63, 3.8) is 0 Å². The number of aromatic nitrogens is 4. The molecular weight excluding hydrogens is 542 g/mol. The summed E-state index contributed by atoms with van der Waals surface area (Å²) in [5.74, 6) is 0.798. The highest BCUT2D eigenvalue weighted by atomic mass is 15.2. The highest BCUT2D eigenvalue weighted by Crippen LogP contribution is 2.30. The number of benzene rings is 2. The topological polar surface area (TPSA) is 73.0 Å². The SMILES string of the molecule is Cc1cccc(-c2cc(-c3cncc(-c4ccc(CN5CCN(C)CC5)cc4)c3)cc(NCc3cccc4[nH]ccc34)n2)n1. The van der Waals surface area contributed by atoms with Crippen molar-refractivity contribution in [3.8, 4) is 33.6 Å². The van der Waals surface area contributed by atoms with E-state index in [2.05, 4.69) is 98.9 Å². The Morgan fingerprint density at radius 1 is 0.750 bits per heavy atom. The van der Waals surface area contributed by atoms with E-state index in [1.165, 1.54) is 16.5 Å². The zero-order valence-electron chi connectivity index (χ0n) is 25.3. The fourth-order valence-electron chi connectivity index (χ4n) is 5.92. The Bertz CT molecular complexity index is 1880. The van der Waals surface area contributed by atoms with Crippen LogP contribution < -0.4 is 5.32 Å². The molecule has 1 aliphatic heterocycles. The van der Waals surface area contributed by atoms with Crippen LogP contribution in [0.5, 0.6) is 0 Å². The summed E-state index contributed by atoms with van der Waals surface area (Å²) < 4.78 is 0. The van der Waals surface area contributed by atoms with Crippen LogP contribution in [0, 0.1) is 6.92 Å². The number of anilines is 1. The monoisotopic (exact) mass is 579 g/mol. The van der Waals surface area contributed by atoms with Crippen LogP contribution in [0.1, 0.15) is 16.8 Å². The van der Waals surface area contributed by atoms with Gasteiger partial charge in [0, 0.05) is 85.6 Å². The summed E-state index contributed by atoms with van der Waals surface area (Å²) in [5, 5.41) is 4.80. The second-order valence-electron chi connectivity index (χ2n) is 11.7. The molecule has 0 atom stereocenters. The number of aromatic amines is 1. The van der Waals surface area contributed by atoms with Gasteiger partial charge in [0.1, 0.15) is 5.82 Å². The standard InChI is InChI=1S/C37H37N7/c1-26-5-3-8-35(41-26)36-20-30(21-37(42-36)40-24-29-6-4-7-34-33(29)13-14-39-34)32-19-31(22-38-23-32)28-11-9-27(10-12-28)25-44-17-15-43(2)16-18-44/h3-14,19-23,39H,15-18,24-25H2,1-2H3,(H,40,42). The smallest absolute Gasteiger partial charge is 0.127 e. The lowest BCUT2D eigenvalue weighted by atomic mass is 10.0. The first-order chi connectivity index (χ1) is 21.6. The van der Waals surface area contributed by atoms with Crippen LogP contribution in [-0.2, 0) is 13.1 Å². The Kier molecular flexibility index (Phi) is 7.88. The molecule has 2 aromatic carbocycles. The molecule has 0 unspecified atom stereocenters. The molecule has 220 valence electrons. The van der Waals surface area contributed by atoms with E-state index in [-0.39, 0.29) is 0 Å². The predicted octanol–water partition coefficient (Wildman–Crippen LogP) is 7.02. The third-order valence-corrected chi connectivity index (χ3v) is 8.48. The number of H-pyrrole nitrogens is 1. The van der Waals surface area contributed by atoms with E-state index in [0.717, 1.165) is 83.4 Å². The van der Waals surface area contributed by atoms with Crippen LogP contribution in [0.3, 0.4) is 0 Å². The number of nitrogens with zero attached hydrogens (tertiary/aromatic N) is 5. The van der Waals surface area contributed by atoms with Crippen molar-refractivity contribution >= 4 is 16.7 Å². The molecule has 0 radical (unpaired) electrons. The maximum absolute atomic E-state index is 4.99. The lowest BCUT2D eigenvalue weighted by Crippen LogP contribution is -2.43. The number of nitrogens with one attached hydrogen (secondary N) is 2. The van der Waals surface area contributed by atoms with Crippen molar-refractivity contribution in [2.45, 2.75) is 20.0 Å². The van der Waals surface area contributed by atoms with Crippen LogP contribution in [0.4, 0.5) is 5.82 Å². The molecule has 4 aromatic heterocycles. The van der Waals surface area contributed by atoms with Crippen LogP contribution in [0.25, 0.3) is 44.5 Å². The van der Waals surface area contributed by atoms with Crippen LogP contribution in [0.15, 0.2) is 104 Å². The van der Waals surface area contributed by atoms with Gasteiger partial charge in [-0.2, -0.15) is 0 Å². The second-order valence-corrected chi connectivity index (χ2v) is 11.7. The molecule has 0 spiro atoms. The molecule has 0 saturated carbocycles. The largest absolute Gasteiger partial charge is 0.366 e. The van der Waals surface area contributed by atoms with E-state index >= 15 is 0 Å². The summed E-state index contributed by atoms with van der Waals surface area (Å²) in [4.78, 5) is 22.6. The van der Waals surface area contributed by atoms with E-state index in [4.69, 9.17) is 9.97 Å². The number of hydrogen-bond donors (Lipinski definition) is 2. The summed E-state index contributed by atoms with van der Waals surface area (Å²) in [6.45, 7) is 8.16. The average Bonchev–Trinajstić information content (AvgIpc) is 3.55. The Hall–Kier alpha value is -4.85. The maximum atomic E-state index is 4.99. The zero-order chi connectivity index (χ0) is 29.9. The summed E-state index contributed by atoms with van der Waals surface area (Å²) in [5.41, 5.74) is 10.7. The molecule has 1 aliphatic rings. The summed E-state index contributed by atoms with van der Waals surface area (Å²) in [7, 11) is 2.20. The lowest BCUT2D eigenvalue weighted by molar-refractivity contribution is 0.148. The molecule has 7 heteroatoms. The number of likely N-dealkylation sites (N-methyl/N-ethyl adjacent to an activating group) is 1. The van der Waals surface area contributed by atoms with Gasteiger partial charge in [-0.3, -0.25) is 14.9 Å². The maximum Gasteiger partial charge on any atom is 0.127 e. The number of aryl methyl sites for hydroxylation is 1. The van der Waals surface area contributed by atoms with E-state index in [9.17, 15) is 0 Å². The highest BCUT2D eigenvalue weighted by molar-refractivity contribution is 5.83. The van der Waals surface area contributed by atoms with Crippen molar-refractivity contribution < 1.29 is 0 Å². The normalized spacial score (nSPS) is 14.2. The van der Waals surface area contributed by atoms with Gasteiger partial charge >= 0.3 is 0 Å². The Morgan fingerprint density at radius 3 is 2.36 bits per heavy atom. The van der Waals surface area contributed by atoms with Gasteiger partial charge in [0.05, 0.1) is 11.4 Å². The van der Waals surface area contributed by atoms with E-state index in [0.29, 0.717) is 6.54 Å².